The maximum Gasteiger partial charge on any atom is 0.240 e. The van der Waals surface area contributed by atoms with Crippen molar-refractivity contribution in [1.82, 2.24) is 24.1 Å². The summed E-state index contributed by atoms with van der Waals surface area (Å²) in [5.74, 6) is 2.50. The molecule has 0 radical (unpaired) electrons. The first kappa shape index (κ1) is 10.6. The van der Waals surface area contributed by atoms with Crippen molar-refractivity contribution in [3.63, 3.8) is 0 Å². The molecule has 3 aromatic rings. The molecule has 92 valence electrons. The second-order valence-corrected chi connectivity index (χ2v) is 3.81. The van der Waals surface area contributed by atoms with Crippen LogP contribution in [0, 0.1) is 6.92 Å². The Hall–Kier alpha value is -2.57. The van der Waals surface area contributed by atoms with E-state index >= 15 is 0 Å². The molecule has 3 heterocycles. The van der Waals surface area contributed by atoms with E-state index in [0.29, 0.717) is 11.4 Å². The number of aromatic nitrogens is 5. The monoisotopic (exact) mass is 244 g/mol. The van der Waals surface area contributed by atoms with Crippen LogP contribution in [0.3, 0.4) is 0 Å². The van der Waals surface area contributed by atoms with E-state index in [1.165, 1.54) is 0 Å². The lowest BCUT2D eigenvalue weighted by Gasteiger charge is -2.08. The molecule has 2 N–H and O–H groups in total. The van der Waals surface area contributed by atoms with Gasteiger partial charge in [0.05, 0.1) is 7.11 Å². The van der Waals surface area contributed by atoms with E-state index in [-0.39, 0.29) is 5.95 Å². The van der Waals surface area contributed by atoms with Gasteiger partial charge in [-0.2, -0.15) is 9.50 Å². The minimum Gasteiger partial charge on any atom is -0.493 e. The highest BCUT2D eigenvalue weighted by Gasteiger charge is 2.12. The minimum absolute atomic E-state index is 0.207. The van der Waals surface area contributed by atoms with Gasteiger partial charge in [-0.05, 0) is 19.1 Å². The van der Waals surface area contributed by atoms with Crippen molar-refractivity contribution in [3.8, 4) is 11.6 Å². The molecule has 18 heavy (non-hydrogen) atoms. The molecule has 0 spiro atoms. The molecule has 0 saturated heterocycles. The maximum absolute atomic E-state index is 5.65. The molecule has 0 aliphatic rings. The molecule has 7 nitrogen and oxygen atoms in total. The Morgan fingerprint density at radius 1 is 1.33 bits per heavy atom. The zero-order valence-corrected chi connectivity index (χ0v) is 10.0. The molecule has 0 amide bonds. The van der Waals surface area contributed by atoms with Gasteiger partial charge in [-0.25, -0.2) is 4.98 Å². The molecule has 0 aliphatic carbocycles. The van der Waals surface area contributed by atoms with E-state index in [9.17, 15) is 0 Å². The summed E-state index contributed by atoms with van der Waals surface area (Å²) in [5.41, 5.74) is 6.23. The first-order valence-electron chi connectivity index (χ1n) is 5.40. The second-order valence-electron chi connectivity index (χ2n) is 3.81. The number of hydrogen-bond acceptors (Lipinski definition) is 5. The van der Waals surface area contributed by atoms with Crippen LogP contribution in [0.2, 0.25) is 0 Å². The highest BCUT2D eigenvalue weighted by Crippen LogP contribution is 2.22. The van der Waals surface area contributed by atoms with E-state index < -0.39 is 0 Å². The SMILES string of the molecule is COc1ccc(-n2ccnc2C)n2nc(N)nc12. The Labute approximate surface area is 103 Å². The van der Waals surface area contributed by atoms with Gasteiger partial charge in [-0.15, -0.1) is 5.10 Å². The summed E-state index contributed by atoms with van der Waals surface area (Å²) in [6.45, 7) is 1.91. The molecule has 3 rings (SSSR count). The van der Waals surface area contributed by atoms with Gasteiger partial charge in [0.2, 0.25) is 11.6 Å². The molecule has 0 aliphatic heterocycles. The van der Waals surface area contributed by atoms with Crippen molar-refractivity contribution in [2.45, 2.75) is 6.92 Å². The van der Waals surface area contributed by atoms with Gasteiger partial charge in [0.25, 0.3) is 0 Å². The second kappa shape index (κ2) is 3.73. The number of methoxy groups -OCH3 is 1. The topological polar surface area (TPSA) is 83.3 Å². The summed E-state index contributed by atoms with van der Waals surface area (Å²) in [5, 5.41) is 4.17. The number of fused-ring (bicyclic) bond motifs is 1. The number of pyridine rings is 1. The van der Waals surface area contributed by atoms with Crippen LogP contribution in [0.4, 0.5) is 5.95 Å². The predicted molar refractivity (Wildman–Crippen MR) is 65.8 cm³/mol. The molecule has 0 fully saturated rings. The summed E-state index contributed by atoms with van der Waals surface area (Å²) in [6.07, 6.45) is 3.58. The molecule has 0 unspecified atom stereocenters. The number of anilines is 1. The number of imidazole rings is 1. The zero-order valence-electron chi connectivity index (χ0n) is 10.0. The van der Waals surface area contributed by atoms with Gasteiger partial charge in [0.15, 0.2) is 5.75 Å². The largest absolute Gasteiger partial charge is 0.493 e. The van der Waals surface area contributed by atoms with Crippen molar-refractivity contribution in [2.75, 3.05) is 12.8 Å². The average molecular weight is 244 g/mol. The van der Waals surface area contributed by atoms with Crippen molar-refractivity contribution < 1.29 is 4.74 Å². The van der Waals surface area contributed by atoms with E-state index in [1.807, 2.05) is 29.8 Å². The number of hydrogen-bond donors (Lipinski definition) is 1. The summed E-state index contributed by atoms with van der Waals surface area (Å²) in [4.78, 5) is 8.34. The first-order valence-corrected chi connectivity index (χ1v) is 5.40. The molecule has 0 bridgehead atoms. The lowest BCUT2D eigenvalue weighted by molar-refractivity contribution is 0.416. The van der Waals surface area contributed by atoms with Gasteiger partial charge in [0.1, 0.15) is 11.6 Å². The van der Waals surface area contributed by atoms with Crippen LogP contribution < -0.4 is 10.5 Å². The highest BCUT2D eigenvalue weighted by molar-refractivity contribution is 5.58. The van der Waals surface area contributed by atoms with E-state index in [0.717, 1.165) is 11.6 Å². The lowest BCUT2D eigenvalue weighted by atomic mass is 10.4. The smallest absolute Gasteiger partial charge is 0.240 e. The Balaban J connectivity index is 2.35. The van der Waals surface area contributed by atoms with E-state index in [1.54, 1.807) is 17.8 Å². The van der Waals surface area contributed by atoms with Crippen molar-refractivity contribution in [1.29, 1.82) is 0 Å². The Morgan fingerprint density at radius 3 is 2.83 bits per heavy atom. The van der Waals surface area contributed by atoms with E-state index in [2.05, 4.69) is 15.1 Å². The fourth-order valence-corrected chi connectivity index (χ4v) is 1.90. The van der Waals surface area contributed by atoms with Gasteiger partial charge in [-0.3, -0.25) is 4.57 Å². The van der Waals surface area contributed by atoms with Crippen LogP contribution in [0.5, 0.6) is 5.75 Å². The van der Waals surface area contributed by atoms with E-state index in [4.69, 9.17) is 10.5 Å². The summed E-state index contributed by atoms with van der Waals surface area (Å²) in [7, 11) is 1.59. The Kier molecular flexibility index (Phi) is 2.19. The maximum atomic E-state index is 5.65. The van der Waals surface area contributed by atoms with Crippen LogP contribution in [-0.2, 0) is 0 Å². The quantitative estimate of drug-likeness (QED) is 0.721. The van der Waals surface area contributed by atoms with Crippen LogP contribution in [0.1, 0.15) is 5.82 Å². The number of rotatable bonds is 2. The summed E-state index contributed by atoms with van der Waals surface area (Å²) < 4.78 is 8.78. The molecule has 0 aromatic carbocycles. The molecule has 0 atom stereocenters. The number of ether oxygens (including phenoxy) is 1. The van der Waals surface area contributed by atoms with Crippen molar-refractivity contribution >= 4 is 11.6 Å². The lowest BCUT2D eigenvalue weighted by Crippen LogP contribution is -2.05. The van der Waals surface area contributed by atoms with Crippen LogP contribution >= 0.6 is 0 Å². The van der Waals surface area contributed by atoms with Crippen LogP contribution in [0.25, 0.3) is 11.5 Å². The number of nitrogen functional groups attached to an aromatic ring is 1. The normalized spacial score (nSPS) is 11.0. The van der Waals surface area contributed by atoms with Crippen molar-refractivity contribution in [2.24, 2.45) is 0 Å². The summed E-state index contributed by atoms with van der Waals surface area (Å²) >= 11 is 0. The highest BCUT2D eigenvalue weighted by atomic mass is 16.5. The average Bonchev–Trinajstić information content (AvgIpc) is 2.93. The van der Waals surface area contributed by atoms with Gasteiger partial charge >= 0.3 is 0 Å². The summed E-state index contributed by atoms with van der Waals surface area (Å²) in [6, 6.07) is 3.72. The third-order valence-corrected chi connectivity index (χ3v) is 2.74. The molecule has 3 aromatic heterocycles. The minimum atomic E-state index is 0.207. The fourth-order valence-electron chi connectivity index (χ4n) is 1.90. The standard InChI is InChI=1S/C11H12N6O/c1-7-13-5-6-16(7)9-4-3-8(18-2)10-14-11(12)15-17(9)10/h3-6H,1-2H3,(H2,12,15). The fraction of sp³-hybridized carbons (Fsp3) is 0.182. The molecular weight excluding hydrogens is 232 g/mol. The molecule has 0 saturated carbocycles. The Bertz CT molecular complexity index is 713. The molecule has 7 heteroatoms. The third kappa shape index (κ3) is 1.41. The van der Waals surface area contributed by atoms with Gasteiger partial charge < -0.3 is 10.5 Å². The molecular formula is C11H12N6O. The number of nitrogens with two attached hydrogens (primary N) is 1. The first-order chi connectivity index (χ1) is 8.70. The van der Waals surface area contributed by atoms with Crippen LogP contribution in [-0.4, -0.2) is 31.3 Å². The number of nitrogens with zero attached hydrogens (tertiary/aromatic N) is 5. The zero-order chi connectivity index (χ0) is 12.7. The van der Waals surface area contributed by atoms with Crippen molar-refractivity contribution in [3.05, 3.63) is 30.4 Å². The predicted octanol–water partition coefficient (Wildman–Crippen LogP) is 0.814. The van der Waals surface area contributed by atoms with Gasteiger partial charge in [0, 0.05) is 12.4 Å². The third-order valence-electron chi connectivity index (χ3n) is 2.74. The number of aryl methyl sites for hydroxylation is 1. The van der Waals surface area contributed by atoms with Crippen LogP contribution in [0.15, 0.2) is 24.5 Å². The van der Waals surface area contributed by atoms with Gasteiger partial charge in [-0.1, -0.05) is 0 Å². The Morgan fingerprint density at radius 2 is 2.17 bits per heavy atom.